The van der Waals surface area contributed by atoms with E-state index in [0.29, 0.717) is 24.2 Å². The maximum atomic E-state index is 11.8. The second-order valence-electron chi connectivity index (χ2n) is 12.1. The zero-order valence-corrected chi connectivity index (χ0v) is 23.4. The number of aliphatic hydroxyl groups is 1. The summed E-state index contributed by atoms with van der Waals surface area (Å²) in [5.41, 5.74) is 0. The van der Waals surface area contributed by atoms with Gasteiger partial charge in [-0.15, -0.1) is 0 Å². The van der Waals surface area contributed by atoms with Crippen molar-refractivity contribution < 1.29 is 14.6 Å². The molecule has 0 aromatic rings. The molecule has 2 aliphatic heterocycles. The third-order valence-electron chi connectivity index (χ3n) is 8.12. The van der Waals surface area contributed by atoms with Crippen molar-refractivity contribution in [2.45, 2.75) is 174 Å². The van der Waals surface area contributed by atoms with Crippen molar-refractivity contribution in [1.82, 2.24) is 0 Å². The van der Waals surface area contributed by atoms with Crippen molar-refractivity contribution in [3.63, 3.8) is 0 Å². The van der Waals surface area contributed by atoms with Gasteiger partial charge in [-0.3, -0.25) is 4.79 Å². The molecular weight excluding hydrogens is 432 g/mol. The second kappa shape index (κ2) is 19.3. The van der Waals surface area contributed by atoms with Crippen LogP contribution in [0.25, 0.3) is 0 Å². The maximum Gasteiger partial charge on any atom is 0.133 e. The first-order chi connectivity index (χ1) is 17.0. The van der Waals surface area contributed by atoms with Crippen LogP contribution in [0.1, 0.15) is 162 Å². The molecule has 3 heteroatoms. The molecule has 3 nitrogen and oxygen atoms in total. The Morgan fingerprint density at radius 1 is 0.686 bits per heavy atom. The summed E-state index contributed by atoms with van der Waals surface area (Å²) in [7, 11) is 0. The molecule has 2 fully saturated rings. The van der Waals surface area contributed by atoms with Gasteiger partial charge < -0.3 is 9.84 Å². The highest BCUT2D eigenvalue weighted by atomic mass is 16.5. The van der Waals surface area contributed by atoms with Crippen molar-refractivity contribution in [3.8, 4) is 0 Å². The highest BCUT2D eigenvalue weighted by Crippen LogP contribution is 2.29. The van der Waals surface area contributed by atoms with E-state index in [-0.39, 0.29) is 6.10 Å². The normalized spacial score (nSPS) is 31.4. The highest BCUT2D eigenvalue weighted by Gasteiger charge is 2.20. The van der Waals surface area contributed by atoms with Gasteiger partial charge in [-0.1, -0.05) is 97.3 Å². The van der Waals surface area contributed by atoms with E-state index in [4.69, 9.17) is 4.74 Å². The lowest BCUT2D eigenvalue weighted by molar-refractivity contribution is -0.120. The predicted octanol–water partition coefficient (Wildman–Crippen LogP) is 9.46. The molecule has 0 aromatic heterocycles. The largest absolute Gasteiger partial charge is 0.495 e. The fourth-order valence-corrected chi connectivity index (χ4v) is 6.07. The van der Waals surface area contributed by atoms with Gasteiger partial charge in [0, 0.05) is 19.3 Å². The predicted molar refractivity (Wildman–Crippen MR) is 148 cm³/mol. The van der Waals surface area contributed by atoms with E-state index in [1.165, 1.54) is 115 Å². The van der Waals surface area contributed by atoms with Crippen LogP contribution in [0.3, 0.4) is 0 Å². The van der Waals surface area contributed by atoms with Crippen molar-refractivity contribution in [2.75, 3.05) is 0 Å². The number of hydrogen-bond donors (Lipinski definition) is 1. The van der Waals surface area contributed by atoms with Gasteiger partial charge in [0.15, 0.2) is 0 Å². The first-order valence-corrected chi connectivity index (χ1v) is 15.6. The lowest BCUT2D eigenvalue weighted by Crippen LogP contribution is -2.20. The molecule has 0 aromatic carbocycles. The Morgan fingerprint density at radius 2 is 1.20 bits per heavy atom. The molecule has 35 heavy (non-hydrogen) atoms. The number of Topliss-reactive ketones (excluding diaryl/α,β-unsaturated/α-hetero) is 1. The van der Waals surface area contributed by atoms with Crippen LogP contribution in [0, 0.1) is 11.8 Å². The van der Waals surface area contributed by atoms with Crippen LogP contribution in [-0.4, -0.2) is 23.1 Å². The van der Waals surface area contributed by atoms with E-state index < -0.39 is 0 Å². The summed E-state index contributed by atoms with van der Waals surface area (Å²) in [5.74, 6) is 2.77. The van der Waals surface area contributed by atoms with Crippen LogP contribution in [0.4, 0.5) is 0 Å². The topological polar surface area (TPSA) is 46.5 Å². The Morgan fingerprint density at radius 3 is 1.83 bits per heavy atom. The third-order valence-corrected chi connectivity index (χ3v) is 8.12. The van der Waals surface area contributed by atoms with E-state index in [9.17, 15) is 9.90 Å². The van der Waals surface area contributed by atoms with Crippen molar-refractivity contribution >= 4 is 5.78 Å². The summed E-state index contributed by atoms with van der Waals surface area (Å²) in [5, 5.41) is 9.92. The minimum Gasteiger partial charge on any atom is -0.495 e. The Bertz CT molecular complexity index is 569. The molecule has 0 radical (unpaired) electrons. The lowest BCUT2D eigenvalue weighted by atomic mass is 9.94. The fraction of sp³-hybridized carbons (Fsp3) is 0.906. The summed E-state index contributed by atoms with van der Waals surface area (Å²) < 4.78 is 6.13. The van der Waals surface area contributed by atoms with Crippen LogP contribution < -0.4 is 0 Å². The Balaban J connectivity index is 0.000000247. The number of rotatable bonds is 0. The summed E-state index contributed by atoms with van der Waals surface area (Å²) in [6, 6.07) is 0. The lowest BCUT2D eigenvalue weighted by Gasteiger charge is -2.28. The second-order valence-corrected chi connectivity index (χ2v) is 12.1. The number of carbonyl (C=O) groups is 1. The molecule has 3 aliphatic rings. The quantitative estimate of drug-likeness (QED) is 0.368. The first-order valence-electron chi connectivity index (χ1n) is 15.6. The Labute approximate surface area is 217 Å². The molecule has 1 saturated carbocycles. The number of hydrogen-bond acceptors (Lipinski definition) is 3. The van der Waals surface area contributed by atoms with Gasteiger partial charge in [-0.25, -0.2) is 0 Å². The third kappa shape index (κ3) is 15.8. The minimum absolute atomic E-state index is 0.196. The van der Waals surface area contributed by atoms with Gasteiger partial charge >= 0.3 is 0 Å². The zero-order valence-electron chi connectivity index (χ0n) is 23.4. The average molecular weight is 491 g/mol. The molecule has 0 spiro atoms. The van der Waals surface area contributed by atoms with Gasteiger partial charge in [0.25, 0.3) is 0 Å². The van der Waals surface area contributed by atoms with Crippen molar-refractivity contribution in [1.29, 1.82) is 0 Å². The molecule has 3 rings (SSSR count). The molecule has 2 heterocycles. The molecule has 4 unspecified atom stereocenters. The van der Waals surface area contributed by atoms with Gasteiger partial charge in [-0.2, -0.15) is 0 Å². The smallest absolute Gasteiger partial charge is 0.133 e. The van der Waals surface area contributed by atoms with Crippen molar-refractivity contribution in [2.24, 2.45) is 11.8 Å². The van der Waals surface area contributed by atoms with Gasteiger partial charge in [0.1, 0.15) is 5.78 Å². The summed E-state index contributed by atoms with van der Waals surface area (Å²) in [6.45, 7) is 4.44. The van der Waals surface area contributed by atoms with E-state index >= 15 is 0 Å². The maximum absolute atomic E-state index is 11.8. The fourth-order valence-electron chi connectivity index (χ4n) is 6.07. The molecule has 1 aliphatic carbocycles. The Hall–Kier alpha value is -0.830. The van der Waals surface area contributed by atoms with E-state index in [2.05, 4.69) is 19.9 Å². The number of ketones is 1. The minimum atomic E-state index is -0.196. The SMILES string of the molecule is CC1C=C2CCCCCCCCCCC(C1)O2.CC1CC(=O)CCCCCCCCCCC(O)C1. The summed E-state index contributed by atoms with van der Waals surface area (Å²) in [6.07, 6.45) is 30.7. The molecule has 0 amide bonds. The number of carbonyl (C=O) groups excluding carboxylic acids is 1. The van der Waals surface area contributed by atoms with Crippen LogP contribution in [-0.2, 0) is 9.53 Å². The molecule has 2 bridgehead atoms. The monoisotopic (exact) mass is 490 g/mol. The van der Waals surface area contributed by atoms with Gasteiger partial charge in [0.05, 0.1) is 18.0 Å². The summed E-state index contributed by atoms with van der Waals surface area (Å²) in [4.78, 5) is 11.8. The molecule has 1 saturated heterocycles. The molecule has 1 N–H and O–H groups in total. The number of aliphatic hydroxyl groups excluding tert-OH is 1. The summed E-state index contributed by atoms with van der Waals surface area (Å²) >= 11 is 0. The number of ether oxygens (including phenoxy) is 1. The van der Waals surface area contributed by atoms with Crippen LogP contribution >= 0.6 is 0 Å². The first kappa shape index (κ1) is 30.4. The number of fused-ring (bicyclic) bond motifs is 2. The van der Waals surface area contributed by atoms with Crippen molar-refractivity contribution in [3.05, 3.63) is 11.8 Å². The van der Waals surface area contributed by atoms with Crippen LogP contribution in [0.5, 0.6) is 0 Å². The van der Waals surface area contributed by atoms with Gasteiger partial charge in [0.2, 0.25) is 0 Å². The highest BCUT2D eigenvalue weighted by molar-refractivity contribution is 5.78. The van der Waals surface area contributed by atoms with E-state index in [1.807, 2.05) is 0 Å². The van der Waals surface area contributed by atoms with Gasteiger partial charge in [-0.05, 0) is 62.9 Å². The Kier molecular flexibility index (Phi) is 16.8. The molecular formula is C32H58O3. The molecule has 204 valence electrons. The van der Waals surface area contributed by atoms with E-state index in [0.717, 1.165) is 38.0 Å². The standard InChI is InChI=1S/C16H30O2.C16H28O/c1-14-12-15(17)10-8-6-4-2-3-5-7-9-11-16(18)13-14;1-14-12-15-10-8-6-4-2-3-5-7-9-11-16(13-14)17-15/h14-15,17H,2-13H2,1H3;12,14,16H,2-11,13H2,1H3. The van der Waals surface area contributed by atoms with Crippen LogP contribution in [0.15, 0.2) is 11.8 Å². The van der Waals surface area contributed by atoms with Crippen LogP contribution in [0.2, 0.25) is 0 Å². The zero-order chi connectivity index (χ0) is 25.1. The van der Waals surface area contributed by atoms with E-state index in [1.54, 1.807) is 0 Å². The molecule has 4 atom stereocenters. The average Bonchev–Trinajstić information content (AvgIpc) is 2.81. The number of allylic oxidation sites excluding steroid dienone is 2.